The predicted octanol–water partition coefficient (Wildman–Crippen LogP) is 4.27. The highest BCUT2D eigenvalue weighted by Gasteiger charge is 2.42. The van der Waals surface area contributed by atoms with Gasteiger partial charge in [-0.15, -0.1) is 0 Å². The molecule has 1 amide bonds. The van der Waals surface area contributed by atoms with E-state index in [4.69, 9.17) is 4.74 Å². The summed E-state index contributed by atoms with van der Waals surface area (Å²) in [6.45, 7) is 9.02. The van der Waals surface area contributed by atoms with E-state index in [2.05, 4.69) is 10.3 Å². The highest BCUT2D eigenvalue weighted by atomic mass is 32.2. The van der Waals surface area contributed by atoms with Gasteiger partial charge in [0.05, 0.1) is 29.8 Å². The molecule has 0 unspecified atom stereocenters. The number of benzene rings is 1. The van der Waals surface area contributed by atoms with Gasteiger partial charge in [0.15, 0.2) is 5.17 Å². The maximum atomic E-state index is 14.9. The Morgan fingerprint density at radius 2 is 1.97 bits per heavy atom. The first-order valence-corrected chi connectivity index (χ1v) is 10.8. The van der Waals surface area contributed by atoms with Gasteiger partial charge in [-0.05, 0) is 46.1 Å². The molecule has 1 aromatic rings. The Morgan fingerprint density at radius 1 is 1.27 bits per heavy atom. The van der Waals surface area contributed by atoms with Crippen molar-refractivity contribution in [1.29, 1.82) is 0 Å². The van der Waals surface area contributed by atoms with Crippen LogP contribution in [0.5, 0.6) is 0 Å². The first kappa shape index (κ1) is 22.1. The number of ether oxygens (including phenoxy) is 1. The molecular weight excluding hydrogens is 405 g/mol. The van der Waals surface area contributed by atoms with Crippen molar-refractivity contribution >= 4 is 28.8 Å². The average molecular weight is 432 g/mol. The van der Waals surface area contributed by atoms with Gasteiger partial charge in [-0.25, -0.2) is 14.2 Å². The second-order valence-corrected chi connectivity index (χ2v) is 8.60. The van der Waals surface area contributed by atoms with E-state index in [1.54, 1.807) is 43.9 Å². The first-order valence-electron chi connectivity index (χ1n) is 9.88. The number of amides is 1. The van der Waals surface area contributed by atoms with Crippen LogP contribution in [0.2, 0.25) is 0 Å². The van der Waals surface area contributed by atoms with E-state index in [1.807, 2.05) is 19.3 Å². The van der Waals surface area contributed by atoms with Crippen LogP contribution in [-0.2, 0) is 14.3 Å². The Hall–Kier alpha value is -2.61. The van der Waals surface area contributed by atoms with Crippen LogP contribution in [0.4, 0.5) is 4.39 Å². The molecule has 2 aliphatic heterocycles. The molecule has 0 saturated carbocycles. The van der Waals surface area contributed by atoms with Gasteiger partial charge in [-0.1, -0.05) is 30.0 Å². The molecule has 0 aromatic heterocycles. The number of aliphatic imine (C=N–C) groups is 1. The van der Waals surface area contributed by atoms with Gasteiger partial charge in [0.2, 0.25) is 5.91 Å². The number of allylic oxidation sites excluding steroid dienone is 1. The minimum atomic E-state index is -0.766. The second-order valence-electron chi connectivity index (χ2n) is 7.77. The summed E-state index contributed by atoms with van der Waals surface area (Å²) >= 11 is 1.36. The van der Waals surface area contributed by atoms with Gasteiger partial charge in [-0.3, -0.25) is 4.79 Å². The van der Waals surface area contributed by atoms with E-state index >= 15 is 0 Å². The fraction of sp³-hybridized carbons (Fsp3) is 0.409. The first-order chi connectivity index (χ1) is 14.2. The molecule has 2 aliphatic rings. The summed E-state index contributed by atoms with van der Waals surface area (Å²) in [7, 11) is 0. The number of halogens is 1. The van der Waals surface area contributed by atoms with Crippen LogP contribution < -0.4 is 5.32 Å². The number of nitrogens with one attached hydrogen (secondary N) is 1. The summed E-state index contributed by atoms with van der Waals surface area (Å²) in [6.07, 6.45) is -0.231. The molecule has 0 bridgehead atoms. The molecule has 1 atom stereocenters. The molecule has 2 heterocycles. The summed E-state index contributed by atoms with van der Waals surface area (Å²) in [5, 5.41) is 5.30. The van der Waals surface area contributed by atoms with Gasteiger partial charge >= 0.3 is 5.97 Å². The Kier molecular flexibility index (Phi) is 6.65. The minimum Gasteiger partial charge on any atom is -0.459 e. The number of esters is 1. The predicted molar refractivity (Wildman–Crippen MR) is 116 cm³/mol. The summed E-state index contributed by atoms with van der Waals surface area (Å²) in [6, 6.07) is 5.57. The topological polar surface area (TPSA) is 71.0 Å². The number of rotatable bonds is 6. The van der Waals surface area contributed by atoms with Crippen LogP contribution in [0.3, 0.4) is 0 Å². The third-order valence-electron chi connectivity index (χ3n) is 4.55. The molecule has 30 heavy (non-hydrogen) atoms. The largest absolute Gasteiger partial charge is 0.459 e. The van der Waals surface area contributed by atoms with Crippen LogP contribution in [0.15, 0.2) is 51.6 Å². The van der Waals surface area contributed by atoms with E-state index in [0.29, 0.717) is 22.1 Å². The highest BCUT2D eigenvalue weighted by Crippen LogP contribution is 2.45. The molecule has 0 saturated heterocycles. The Balaban J connectivity index is 2.06. The van der Waals surface area contributed by atoms with Crippen molar-refractivity contribution in [3.8, 4) is 0 Å². The van der Waals surface area contributed by atoms with Crippen LogP contribution >= 0.6 is 11.8 Å². The van der Waals surface area contributed by atoms with E-state index in [0.717, 1.165) is 0 Å². The summed E-state index contributed by atoms with van der Waals surface area (Å²) in [5.41, 5.74) is 1.74. The molecular formula is C22H26FN3O3S. The Bertz CT molecular complexity index is 953. The van der Waals surface area contributed by atoms with Crippen molar-refractivity contribution in [3.63, 3.8) is 0 Å². The molecule has 6 nitrogen and oxygen atoms in total. The third kappa shape index (κ3) is 4.59. The number of hydrogen-bond acceptors (Lipinski definition) is 6. The number of amidine groups is 1. The normalized spacial score (nSPS) is 18.4. The van der Waals surface area contributed by atoms with Crippen molar-refractivity contribution in [3.05, 3.63) is 58.0 Å². The lowest BCUT2D eigenvalue weighted by Gasteiger charge is -2.36. The lowest BCUT2D eigenvalue weighted by atomic mass is 9.93. The van der Waals surface area contributed by atoms with E-state index in [9.17, 15) is 14.0 Å². The number of fused-ring (bicyclic) bond motifs is 1. The zero-order valence-electron chi connectivity index (χ0n) is 17.7. The van der Waals surface area contributed by atoms with Crippen molar-refractivity contribution in [2.45, 2.75) is 59.2 Å². The lowest BCUT2D eigenvalue weighted by Crippen LogP contribution is -2.39. The van der Waals surface area contributed by atoms with Gasteiger partial charge in [0.1, 0.15) is 5.82 Å². The maximum absolute atomic E-state index is 14.9. The maximum Gasteiger partial charge on any atom is 0.338 e. The fourth-order valence-electron chi connectivity index (χ4n) is 3.44. The highest BCUT2D eigenvalue weighted by molar-refractivity contribution is 8.16. The van der Waals surface area contributed by atoms with E-state index in [-0.39, 0.29) is 30.0 Å². The van der Waals surface area contributed by atoms with E-state index in [1.165, 1.54) is 17.8 Å². The SMILES string of the molecule is CC1=C(C(=O)OC(C)C)[C@H](c2ccccc2F)N2C(CC(=O)NC(C)C)=CSC2=N1. The standard InChI is InChI=1S/C22H26FN3O3S/c1-12(2)24-18(27)10-15-11-30-22-25-14(5)19(21(28)29-13(3)4)20(26(15)22)16-8-6-7-9-17(16)23/h6-9,11-13,20H,10H2,1-5H3,(H,24,27)/t20-/m0/s1. The lowest BCUT2D eigenvalue weighted by molar-refractivity contribution is -0.143. The van der Waals surface area contributed by atoms with Gasteiger partial charge in [0, 0.05) is 17.3 Å². The number of thioether (sulfide) groups is 1. The number of carbonyl (C=O) groups is 2. The third-order valence-corrected chi connectivity index (χ3v) is 5.44. The molecule has 160 valence electrons. The van der Waals surface area contributed by atoms with Crippen LogP contribution in [0, 0.1) is 5.82 Å². The summed E-state index contributed by atoms with van der Waals surface area (Å²) in [5.74, 6) is -1.13. The average Bonchev–Trinajstić information content (AvgIpc) is 3.01. The zero-order chi connectivity index (χ0) is 22.0. The Morgan fingerprint density at radius 3 is 2.60 bits per heavy atom. The summed E-state index contributed by atoms with van der Waals surface area (Å²) in [4.78, 5) is 31.7. The molecule has 0 fully saturated rings. The van der Waals surface area contributed by atoms with Crippen LogP contribution in [0.1, 0.15) is 52.6 Å². The van der Waals surface area contributed by atoms with Gasteiger partial charge in [-0.2, -0.15) is 0 Å². The molecule has 8 heteroatoms. The zero-order valence-corrected chi connectivity index (χ0v) is 18.5. The van der Waals surface area contributed by atoms with Crippen LogP contribution in [-0.4, -0.2) is 34.1 Å². The van der Waals surface area contributed by atoms with Gasteiger partial charge in [0.25, 0.3) is 0 Å². The monoisotopic (exact) mass is 431 g/mol. The van der Waals surface area contributed by atoms with Crippen molar-refractivity contribution in [1.82, 2.24) is 10.2 Å². The smallest absolute Gasteiger partial charge is 0.338 e. The van der Waals surface area contributed by atoms with Crippen molar-refractivity contribution < 1.29 is 18.7 Å². The molecule has 1 N–H and O–H groups in total. The fourth-order valence-corrected chi connectivity index (χ4v) is 4.40. The minimum absolute atomic E-state index is 0.00253. The Labute approximate surface area is 180 Å². The quantitative estimate of drug-likeness (QED) is 0.681. The van der Waals surface area contributed by atoms with Crippen molar-refractivity contribution in [2.75, 3.05) is 0 Å². The molecule has 0 spiro atoms. The van der Waals surface area contributed by atoms with E-state index < -0.39 is 17.8 Å². The molecule has 1 aromatic carbocycles. The van der Waals surface area contributed by atoms with Crippen molar-refractivity contribution in [2.24, 2.45) is 4.99 Å². The number of carbonyl (C=O) groups excluding carboxylic acids is 2. The summed E-state index contributed by atoms with van der Waals surface area (Å²) < 4.78 is 20.3. The van der Waals surface area contributed by atoms with Gasteiger partial charge < -0.3 is 15.0 Å². The number of hydrogen-bond donors (Lipinski definition) is 1. The van der Waals surface area contributed by atoms with Crippen LogP contribution in [0.25, 0.3) is 0 Å². The molecule has 3 rings (SSSR count). The molecule has 0 radical (unpaired) electrons. The number of nitrogens with zero attached hydrogens (tertiary/aromatic N) is 2. The molecule has 0 aliphatic carbocycles. The second kappa shape index (κ2) is 9.04.